The van der Waals surface area contributed by atoms with E-state index in [2.05, 4.69) is 0 Å². The van der Waals surface area contributed by atoms with Crippen LogP contribution in [0.25, 0.3) is 0 Å². The van der Waals surface area contributed by atoms with Crippen molar-refractivity contribution in [2.75, 3.05) is 13.7 Å². The first-order chi connectivity index (χ1) is 9.88. The molecule has 8 heteroatoms. The standard InChI is InChI=1S/C14H21NO6.Na/c1-20-14(15)12(18)11(17)10(8-16)21-13(14,19)7-9-5-3-2-4-6-9;/h2-6,10-12,16-19H,7-8,15H2,1H3;/t10-,11-,12+,13?,14+;/m1./s1. The van der Waals surface area contributed by atoms with Gasteiger partial charge in [-0.05, 0) is 5.56 Å². The Kier molecular flexibility index (Phi) is 6.97. The Morgan fingerprint density at radius 1 is 1.27 bits per heavy atom. The molecular formula is C14H21NNaO6. The van der Waals surface area contributed by atoms with Crippen molar-refractivity contribution in [3.8, 4) is 0 Å². The second-order valence-electron chi connectivity index (χ2n) is 5.22. The number of methoxy groups -OCH3 is 1. The molecule has 22 heavy (non-hydrogen) atoms. The van der Waals surface area contributed by atoms with E-state index in [4.69, 9.17) is 15.2 Å². The summed E-state index contributed by atoms with van der Waals surface area (Å²) in [5, 5.41) is 40.1. The fourth-order valence-electron chi connectivity index (χ4n) is 2.58. The quantitative estimate of drug-likeness (QED) is 0.319. The normalized spacial score (nSPS) is 38.4. The maximum atomic E-state index is 10.8. The van der Waals surface area contributed by atoms with Crippen LogP contribution in [-0.4, -0.2) is 93.5 Å². The Morgan fingerprint density at radius 2 is 1.86 bits per heavy atom. The molecule has 1 aromatic carbocycles. The van der Waals surface area contributed by atoms with Gasteiger partial charge in [0, 0.05) is 43.1 Å². The van der Waals surface area contributed by atoms with E-state index in [1.54, 1.807) is 24.3 Å². The zero-order valence-corrected chi connectivity index (χ0v) is 14.7. The van der Waals surface area contributed by atoms with Crippen LogP contribution in [0.5, 0.6) is 0 Å². The molecule has 1 heterocycles. The van der Waals surface area contributed by atoms with Gasteiger partial charge in [-0.15, -0.1) is 0 Å². The SMILES string of the molecule is CO[C@@]1(N)[C@@H](O)[C@H](O)[C@@H](CO)OC1(O)Cc1ccccc1.[Na]. The van der Waals surface area contributed by atoms with Crippen molar-refractivity contribution in [3.63, 3.8) is 0 Å². The van der Waals surface area contributed by atoms with E-state index in [1.807, 2.05) is 6.07 Å². The van der Waals surface area contributed by atoms with Gasteiger partial charge in [-0.3, -0.25) is 5.73 Å². The molecule has 5 atom stereocenters. The molecule has 2 rings (SSSR count). The molecule has 1 aliphatic heterocycles. The second-order valence-corrected chi connectivity index (χ2v) is 5.22. The molecule has 0 aromatic heterocycles. The third-order valence-corrected chi connectivity index (χ3v) is 3.90. The fourth-order valence-corrected chi connectivity index (χ4v) is 2.58. The zero-order chi connectivity index (χ0) is 15.7. The molecule has 119 valence electrons. The summed E-state index contributed by atoms with van der Waals surface area (Å²) < 4.78 is 10.4. The van der Waals surface area contributed by atoms with E-state index in [-0.39, 0.29) is 36.0 Å². The Morgan fingerprint density at radius 3 is 2.36 bits per heavy atom. The van der Waals surface area contributed by atoms with Gasteiger partial charge in [0.15, 0.2) is 5.72 Å². The van der Waals surface area contributed by atoms with Crippen LogP contribution in [0.4, 0.5) is 0 Å². The van der Waals surface area contributed by atoms with Crippen molar-refractivity contribution in [3.05, 3.63) is 35.9 Å². The molecular weight excluding hydrogens is 301 g/mol. The minimum Gasteiger partial charge on any atom is -0.394 e. The molecule has 7 nitrogen and oxygen atoms in total. The second kappa shape index (κ2) is 7.67. The molecule has 0 bridgehead atoms. The molecule has 6 N–H and O–H groups in total. The van der Waals surface area contributed by atoms with Crippen LogP contribution in [0.1, 0.15) is 5.56 Å². The van der Waals surface area contributed by atoms with Crippen LogP contribution in [0.2, 0.25) is 0 Å². The minimum atomic E-state index is -2.10. The summed E-state index contributed by atoms with van der Waals surface area (Å²) in [5.41, 5.74) is 4.61. The van der Waals surface area contributed by atoms with Crippen LogP contribution in [0, 0.1) is 0 Å². The van der Waals surface area contributed by atoms with Crippen LogP contribution in [-0.2, 0) is 15.9 Å². The summed E-state index contributed by atoms with van der Waals surface area (Å²) in [5.74, 6) is -2.10. The van der Waals surface area contributed by atoms with E-state index in [0.29, 0.717) is 5.56 Å². The summed E-state index contributed by atoms with van der Waals surface area (Å²) in [6.45, 7) is -0.574. The summed E-state index contributed by atoms with van der Waals surface area (Å²) in [6.07, 6.45) is -4.34. The Hall–Kier alpha value is -0.0600. The van der Waals surface area contributed by atoms with Crippen molar-refractivity contribution in [2.45, 2.75) is 36.2 Å². The van der Waals surface area contributed by atoms with Gasteiger partial charge in [-0.25, -0.2) is 0 Å². The van der Waals surface area contributed by atoms with Gasteiger partial charge in [0.25, 0.3) is 0 Å². The molecule has 0 amide bonds. The van der Waals surface area contributed by atoms with Crippen LogP contribution in [0.15, 0.2) is 30.3 Å². The maximum Gasteiger partial charge on any atom is 0.216 e. The number of benzene rings is 1. The molecule has 1 aromatic rings. The number of aliphatic hydroxyl groups excluding tert-OH is 3. The van der Waals surface area contributed by atoms with E-state index < -0.39 is 36.4 Å². The monoisotopic (exact) mass is 322 g/mol. The van der Waals surface area contributed by atoms with Crippen LogP contribution < -0.4 is 5.73 Å². The molecule has 0 aliphatic carbocycles. The van der Waals surface area contributed by atoms with Crippen LogP contribution >= 0.6 is 0 Å². The first-order valence-corrected chi connectivity index (χ1v) is 6.63. The predicted molar refractivity (Wildman–Crippen MR) is 78.7 cm³/mol. The smallest absolute Gasteiger partial charge is 0.216 e. The van der Waals surface area contributed by atoms with Crippen molar-refractivity contribution in [1.29, 1.82) is 0 Å². The fraction of sp³-hybridized carbons (Fsp3) is 0.571. The summed E-state index contributed by atoms with van der Waals surface area (Å²) in [6, 6.07) is 8.88. The minimum absolute atomic E-state index is 0. The van der Waals surface area contributed by atoms with Gasteiger partial charge < -0.3 is 29.9 Å². The first kappa shape index (κ1) is 20.0. The molecule has 1 fully saturated rings. The zero-order valence-electron chi connectivity index (χ0n) is 12.7. The van der Waals surface area contributed by atoms with Gasteiger partial charge in [-0.2, -0.15) is 0 Å². The number of ether oxygens (including phenoxy) is 2. The average Bonchev–Trinajstić information content (AvgIpc) is 2.50. The maximum absolute atomic E-state index is 10.8. The van der Waals surface area contributed by atoms with E-state index in [0.717, 1.165) is 0 Å². The number of nitrogens with two attached hydrogens (primary N) is 1. The van der Waals surface area contributed by atoms with Crippen molar-refractivity contribution in [2.24, 2.45) is 5.73 Å². The van der Waals surface area contributed by atoms with E-state index in [1.165, 1.54) is 7.11 Å². The number of rotatable bonds is 4. The topological polar surface area (TPSA) is 125 Å². The molecule has 0 saturated carbocycles. The third kappa shape index (κ3) is 3.39. The van der Waals surface area contributed by atoms with Gasteiger partial charge in [0.1, 0.15) is 18.3 Å². The van der Waals surface area contributed by atoms with Crippen molar-refractivity contribution < 1.29 is 29.9 Å². The predicted octanol–water partition coefficient (Wildman–Crippen LogP) is -2.05. The van der Waals surface area contributed by atoms with Gasteiger partial charge in [0.05, 0.1) is 6.61 Å². The van der Waals surface area contributed by atoms with Gasteiger partial charge in [-0.1, -0.05) is 30.3 Å². The molecule has 1 unspecified atom stereocenters. The number of hydrogen-bond acceptors (Lipinski definition) is 7. The Bertz CT molecular complexity index is 478. The van der Waals surface area contributed by atoms with Crippen LogP contribution in [0.3, 0.4) is 0 Å². The van der Waals surface area contributed by atoms with Gasteiger partial charge >= 0.3 is 0 Å². The Balaban J connectivity index is 0.00000242. The average molecular weight is 322 g/mol. The molecule has 0 spiro atoms. The number of aliphatic hydroxyl groups is 4. The van der Waals surface area contributed by atoms with Crippen molar-refractivity contribution in [1.82, 2.24) is 0 Å². The largest absolute Gasteiger partial charge is 0.394 e. The molecule has 1 radical (unpaired) electrons. The number of hydrogen-bond donors (Lipinski definition) is 5. The van der Waals surface area contributed by atoms with Gasteiger partial charge in [0.2, 0.25) is 5.79 Å². The third-order valence-electron chi connectivity index (χ3n) is 3.90. The van der Waals surface area contributed by atoms with E-state index in [9.17, 15) is 20.4 Å². The molecule has 1 aliphatic rings. The van der Waals surface area contributed by atoms with E-state index >= 15 is 0 Å². The summed E-state index contributed by atoms with van der Waals surface area (Å²) in [4.78, 5) is 0. The first-order valence-electron chi connectivity index (χ1n) is 6.63. The summed E-state index contributed by atoms with van der Waals surface area (Å²) >= 11 is 0. The van der Waals surface area contributed by atoms with Crippen molar-refractivity contribution >= 4 is 29.6 Å². The summed E-state index contributed by atoms with van der Waals surface area (Å²) in [7, 11) is 1.20. The molecule has 1 saturated heterocycles. The Labute approximate surface area is 151 Å².